The molecule has 0 aliphatic carbocycles. The molecule has 0 aliphatic rings. The van der Waals surface area contributed by atoms with Gasteiger partial charge in [0.1, 0.15) is 0 Å². The molecule has 2 unspecified atom stereocenters. The van der Waals surface area contributed by atoms with Crippen molar-refractivity contribution in [3.8, 4) is 5.75 Å². The van der Waals surface area contributed by atoms with E-state index in [-0.39, 0.29) is 23.7 Å². The summed E-state index contributed by atoms with van der Waals surface area (Å²) in [5.74, 6) is -0.0611. The number of hydrogen-bond acceptors (Lipinski definition) is 4. The minimum atomic E-state index is -0.338. The lowest BCUT2D eigenvalue weighted by atomic mass is 10.1. The summed E-state index contributed by atoms with van der Waals surface area (Å²) in [6.07, 6.45) is 0. The summed E-state index contributed by atoms with van der Waals surface area (Å²) < 4.78 is 18.5. The molecule has 0 fully saturated rings. The van der Waals surface area contributed by atoms with Crippen LogP contribution < -0.4 is 10.1 Å². The van der Waals surface area contributed by atoms with Crippen molar-refractivity contribution < 1.29 is 9.13 Å². The van der Waals surface area contributed by atoms with Crippen LogP contribution in [0.3, 0.4) is 0 Å². The largest absolute Gasteiger partial charge is 0.494 e. The van der Waals surface area contributed by atoms with Crippen LogP contribution in [0.1, 0.15) is 47.1 Å². The van der Waals surface area contributed by atoms with Crippen molar-refractivity contribution >= 4 is 11.3 Å². The van der Waals surface area contributed by atoms with Gasteiger partial charge in [-0.15, -0.1) is 11.3 Å². The number of aromatic nitrogens is 1. The predicted octanol–water partition coefficient (Wildman–Crippen LogP) is 4.32. The van der Waals surface area contributed by atoms with Crippen LogP contribution in [0.2, 0.25) is 0 Å². The Balaban J connectivity index is 2.14. The van der Waals surface area contributed by atoms with Crippen LogP contribution in [0.25, 0.3) is 0 Å². The summed E-state index contributed by atoms with van der Waals surface area (Å²) in [6, 6.07) is 5.26. The molecule has 0 bridgehead atoms. The average molecular weight is 308 g/mol. The number of hydrogen-bond donors (Lipinski definition) is 1. The second-order valence-electron chi connectivity index (χ2n) is 5.19. The standard InChI is InChI=1S/C16H21FN2OS/c1-9(13-6-7-14(17)15(8-13)20-5)18-10(2)16-11(3)19-12(4)21-16/h6-10,18H,1-5H3. The number of nitrogens with zero attached hydrogens (tertiary/aromatic N) is 1. The van der Waals surface area contributed by atoms with Gasteiger partial charge in [0.15, 0.2) is 11.6 Å². The third kappa shape index (κ3) is 3.60. The third-order valence-corrected chi connectivity index (χ3v) is 4.76. The van der Waals surface area contributed by atoms with Crippen molar-refractivity contribution in [2.24, 2.45) is 0 Å². The van der Waals surface area contributed by atoms with Crippen LogP contribution >= 0.6 is 11.3 Å². The van der Waals surface area contributed by atoms with Crippen LogP contribution in [0.4, 0.5) is 4.39 Å². The molecule has 1 aromatic heterocycles. The van der Waals surface area contributed by atoms with Gasteiger partial charge in [-0.05, 0) is 45.4 Å². The van der Waals surface area contributed by atoms with Gasteiger partial charge in [-0.25, -0.2) is 9.37 Å². The molecule has 2 atom stereocenters. The number of nitrogens with one attached hydrogen (secondary N) is 1. The average Bonchev–Trinajstić information content (AvgIpc) is 2.78. The smallest absolute Gasteiger partial charge is 0.165 e. The Labute approximate surface area is 129 Å². The Morgan fingerprint density at radius 3 is 2.52 bits per heavy atom. The number of rotatable bonds is 5. The maximum atomic E-state index is 13.5. The fraction of sp³-hybridized carbons (Fsp3) is 0.438. The minimum Gasteiger partial charge on any atom is -0.494 e. The number of thiazole rings is 1. The van der Waals surface area contributed by atoms with Crippen molar-refractivity contribution in [1.82, 2.24) is 10.3 Å². The molecule has 3 nitrogen and oxygen atoms in total. The maximum absolute atomic E-state index is 13.5. The van der Waals surface area contributed by atoms with Crippen molar-refractivity contribution in [3.05, 3.63) is 45.2 Å². The molecule has 0 radical (unpaired) electrons. The summed E-state index contributed by atoms with van der Waals surface area (Å²) in [6.45, 7) is 8.23. The van der Waals surface area contributed by atoms with E-state index in [0.29, 0.717) is 0 Å². The fourth-order valence-electron chi connectivity index (χ4n) is 2.44. The quantitative estimate of drug-likeness (QED) is 0.893. The molecule has 0 saturated carbocycles. The molecule has 2 rings (SSSR count). The number of halogens is 1. The molecule has 0 amide bonds. The van der Waals surface area contributed by atoms with Crippen molar-refractivity contribution in [1.29, 1.82) is 0 Å². The van der Waals surface area contributed by atoms with E-state index >= 15 is 0 Å². The molecular weight excluding hydrogens is 287 g/mol. The van der Waals surface area contributed by atoms with E-state index in [1.54, 1.807) is 23.5 Å². The van der Waals surface area contributed by atoms with E-state index in [4.69, 9.17) is 4.74 Å². The van der Waals surface area contributed by atoms with Gasteiger partial charge < -0.3 is 10.1 Å². The van der Waals surface area contributed by atoms with E-state index in [0.717, 1.165) is 16.3 Å². The Kier molecular flexibility index (Phi) is 4.96. The van der Waals surface area contributed by atoms with Gasteiger partial charge in [-0.1, -0.05) is 6.07 Å². The van der Waals surface area contributed by atoms with Gasteiger partial charge in [-0.3, -0.25) is 0 Å². The van der Waals surface area contributed by atoms with Gasteiger partial charge in [0.05, 0.1) is 17.8 Å². The highest BCUT2D eigenvalue weighted by atomic mass is 32.1. The van der Waals surface area contributed by atoms with Gasteiger partial charge in [0.25, 0.3) is 0 Å². The second-order valence-corrected chi connectivity index (χ2v) is 6.42. The molecule has 0 saturated heterocycles. The molecule has 0 aliphatic heterocycles. The van der Waals surface area contributed by atoms with Crippen LogP contribution in [0.5, 0.6) is 5.75 Å². The zero-order valence-electron chi connectivity index (χ0n) is 13.0. The summed E-state index contributed by atoms with van der Waals surface area (Å²) >= 11 is 1.71. The first-order chi connectivity index (χ1) is 9.92. The van der Waals surface area contributed by atoms with E-state index in [1.807, 2.05) is 13.8 Å². The second kappa shape index (κ2) is 6.54. The predicted molar refractivity (Wildman–Crippen MR) is 84.5 cm³/mol. The lowest BCUT2D eigenvalue weighted by Gasteiger charge is -2.20. The Morgan fingerprint density at radius 2 is 1.95 bits per heavy atom. The molecule has 1 aromatic carbocycles. The lowest BCUT2D eigenvalue weighted by molar-refractivity contribution is 0.384. The van der Waals surface area contributed by atoms with Gasteiger partial charge >= 0.3 is 0 Å². The summed E-state index contributed by atoms with van der Waals surface area (Å²) in [5.41, 5.74) is 2.07. The van der Waals surface area contributed by atoms with Crippen molar-refractivity contribution in [2.45, 2.75) is 39.8 Å². The summed E-state index contributed by atoms with van der Waals surface area (Å²) in [5, 5.41) is 4.61. The monoisotopic (exact) mass is 308 g/mol. The number of benzene rings is 1. The Bertz CT molecular complexity index is 627. The number of methoxy groups -OCH3 is 1. The van der Waals surface area contributed by atoms with Gasteiger partial charge in [-0.2, -0.15) is 0 Å². The fourth-order valence-corrected chi connectivity index (χ4v) is 3.38. The normalized spacial score (nSPS) is 14.0. The maximum Gasteiger partial charge on any atom is 0.165 e. The first-order valence-electron chi connectivity index (χ1n) is 6.95. The molecule has 114 valence electrons. The van der Waals surface area contributed by atoms with E-state index in [9.17, 15) is 4.39 Å². The molecule has 5 heteroatoms. The highest BCUT2D eigenvalue weighted by Crippen LogP contribution is 2.28. The molecule has 2 aromatic rings. The molecule has 21 heavy (non-hydrogen) atoms. The molecule has 1 heterocycles. The van der Waals surface area contributed by atoms with Gasteiger partial charge in [0, 0.05) is 17.0 Å². The van der Waals surface area contributed by atoms with Crippen molar-refractivity contribution in [3.63, 3.8) is 0 Å². The van der Waals surface area contributed by atoms with Crippen LogP contribution in [-0.4, -0.2) is 12.1 Å². The molecule has 0 spiro atoms. The Hall–Kier alpha value is -1.46. The molecular formula is C16H21FN2OS. The van der Waals surface area contributed by atoms with E-state index < -0.39 is 0 Å². The highest BCUT2D eigenvalue weighted by molar-refractivity contribution is 7.11. The highest BCUT2D eigenvalue weighted by Gasteiger charge is 2.17. The number of aryl methyl sites for hydroxylation is 2. The zero-order chi connectivity index (χ0) is 15.6. The van der Waals surface area contributed by atoms with E-state index in [2.05, 4.69) is 24.1 Å². The zero-order valence-corrected chi connectivity index (χ0v) is 13.8. The molecule has 1 N–H and O–H groups in total. The van der Waals surface area contributed by atoms with Crippen LogP contribution in [0, 0.1) is 19.7 Å². The minimum absolute atomic E-state index is 0.0938. The first-order valence-corrected chi connectivity index (χ1v) is 7.77. The summed E-state index contributed by atoms with van der Waals surface area (Å²) in [7, 11) is 1.48. The van der Waals surface area contributed by atoms with Crippen LogP contribution in [-0.2, 0) is 0 Å². The topological polar surface area (TPSA) is 34.1 Å². The van der Waals surface area contributed by atoms with E-state index in [1.165, 1.54) is 18.1 Å². The SMILES string of the molecule is COc1cc(C(C)NC(C)c2sc(C)nc2C)ccc1F. The Morgan fingerprint density at radius 1 is 1.24 bits per heavy atom. The lowest BCUT2D eigenvalue weighted by Crippen LogP contribution is -2.22. The van der Waals surface area contributed by atoms with Crippen LogP contribution in [0.15, 0.2) is 18.2 Å². The summed E-state index contributed by atoms with van der Waals surface area (Å²) in [4.78, 5) is 5.70. The first kappa shape index (κ1) is 15.9. The van der Waals surface area contributed by atoms with Gasteiger partial charge in [0.2, 0.25) is 0 Å². The number of ether oxygens (including phenoxy) is 1. The third-order valence-electron chi connectivity index (χ3n) is 3.51. The van der Waals surface area contributed by atoms with Crippen molar-refractivity contribution in [2.75, 3.05) is 7.11 Å².